The minimum atomic E-state index is -0.00330. The van der Waals surface area contributed by atoms with E-state index >= 15 is 0 Å². The summed E-state index contributed by atoms with van der Waals surface area (Å²) in [5.41, 5.74) is 1.81. The van der Waals surface area contributed by atoms with Crippen LogP contribution in [0.25, 0.3) is 10.9 Å². The Hall–Kier alpha value is -1.21. The highest BCUT2D eigenvalue weighted by Crippen LogP contribution is 2.13. The number of halogens is 2. The second-order valence-electron chi connectivity index (χ2n) is 4.47. The van der Waals surface area contributed by atoms with E-state index in [4.69, 9.17) is 0 Å². The first-order chi connectivity index (χ1) is 9.63. The van der Waals surface area contributed by atoms with E-state index in [2.05, 4.69) is 43.5 Å². The minimum absolute atomic E-state index is 0.00330. The quantitative estimate of drug-likeness (QED) is 0.568. The van der Waals surface area contributed by atoms with E-state index in [1.54, 1.807) is 10.9 Å². The van der Waals surface area contributed by atoms with E-state index in [9.17, 15) is 4.79 Å². The summed E-state index contributed by atoms with van der Waals surface area (Å²) in [7, 11) is 0. The van der Waals surface area contributed by atoms with Crippen LogP contribution >= 0.6 is 38.5 Å². The van der Waals surface area contributed by atoms with Crippen molar-refractivity contribution in [3.63, 3.8) is 0 Å². The molecule has 100 valence electrons. The molecule has 5 heteroatoms. The molecule has 3 nitrogen and oxygen atoms in total. The summed E-state index contributed by atoms with van der Waals surface area (Å²) >= 11 is 5.61. The zero-order valence-electron chi connectivity index (χ0n) is 10.4. The standard InChI is InChI=1S/C15H10BrIN2O/c16-11-3-1-10(2-4-11)8-19-9-18-14-6-5-12(17)7-13(14)15(19)20/h1-7,9H,8H2. The van der Waals surface area contributed by atoms with Crippen molar-refractivity contribution in [3.8, 4) is 0 Å². The maximum Gasteiger partial charge on any atom is 0.261 e. The van der Waals surface area contributed by atoms with E-state index in [1.807, 2.05) is 42.5 Å². The Labute approximate surface area is 137 Å². The van der Waals surface area contributed by atoms with Gasteiger partial charge in [0.25, 0.3) is 5.56 Å². The van der Waals surface area contributed by atoms with Gasteiger partial charge in [-0.25, -0.2) is 4.98 Å². The summed E-state index contributed by atoms with van der Waals surface area (Å²) in [6, 6.07) is 13.6. The molecule has 2 aromatic carbocycles. The summed E-state index contributed by atoms with van der Waals surface area (Å²) in [6.07, 6.45) is 1.61. The van der Waals surface area contributed by atoms with E-state index in [-0.39, 0.29) is 5.56 Å². The lowest BCUT2D eigenvalue weighted by molar-refractivity contribution is 0.748. The van der Waals surface area contributed by atoms with Crippen LogP contribution in [-0.4, -0.2) is 9.55 Å². The zero-order chi connectivity index (χ0) is 14.1. The third kappa shape index (κ3) is 2.78. The van der Waals surface area contributed by atoms with Gasteiger partial charge >= 0.3 is 0 Å². The van der Waals surface area contributed by atoms with Gasteiger partial charge in [0.05, 0.1) is 23.8 Å². The molecule has 0 aliphatic rings. The van der Waals surface area contributed by atoms with Crippen LogP contribution in [0.4, 0.5) is 0 Å². The molecule has 0 aliphatic heterocycles. The molecule has 0 N–H and O–H groups in total. The van der Waals surface area contributed by atoms with Crippen LogP contribution in [0.15, 0.2) is 58.1 Å². The summed E-state index contributed by atoms with van der Waals surface area (Å²) < 4.78 is 3.71. The van der Waals surface area contributed by atoms with Crippen molar-refractivity contribution in [2.45, 2.75) is 6.54 Å². The molecule has 0 atom stereocenters. The topological polar surface area (TPSA) is 34.9 Å². The SMILES string of the molecule is O=c1c2cc(I)ccc2ncn1Cc1ccc(Br)cc1. The van der Waals surface area contributed by atoms with E-state index < -0.39 is 0 Å². The summed E-state index contributed by atoms with van der Waals surface area (Å²) in [5, 5.41) is 0.663. The zero-order valence-corrected chi connectivity index (χ0v) is 14.1. The Morgan fingerprint density at radius 1 is 1.15 bits per heavy atom. The largest absolute Gasteiger partial charge is 0.294 e. The van der Waals surface area contributed by atoms with Crippen molar-refractivity contribution >= 4 is 49.4 Å². The molecule has 0 saturated carbocycles. The van der Waals surface area contributed by atoms with Crippen LogP contribution in [0.1, 0.15) is 5.56 Å². The number of hydrogen-bond acceptors (Lipinski definition) is 2. The Morgan fingerprint density at radius 3 is 2.65 bits per heavy atom. The van der Waals surface area contributed by atoms with Gasteiger partial charge in [-0.15, -0.1) is 0 Å². The fourth-order valence-electron chi connectivity index (χ4n) is 2.03. The summed E-state index contributed by atoms with van der Waals surface area (Å²) in [5.74, 6) is 0. The number of nitrogens with zero attached hydrogens (tertiary/aromatic N) is 2. The van der Waals surface area contributed by atoms with Crippen LogP contribution in [0.5, 0.6) is 0 Å². The molecule has 0 spiro atoms. The van der Waals surface area contributed by atoms with E-state index in [0.717, 1.165) is 19.1 Å². The minimum Gasteiger partial charge on any atom is -0.294 e. The summed E-state index contributed by atoms with van der Waals surface area (Å²) in [6.45, 7) is 0.528. The Morgan fingerprint density at radius 2 is 1.90 bits per heavy atom. The molecule has 0 radical (unpaired) electrons. The van der Waals surface area contributed by atoms with Gasteiger partial charge in [0.1, 0.15) is 0 Å². The van der Waals surface area contributed by atoms with Crippen LogP contribution in [0.2, 0.25) is 0 Å². The van der Waals surface area contributed by atoms with Crippen LogP contribution in [0.3, 0.4) is 0 Å². The number of hydrogen-bond donors (Lipinski definition) is 0. The molecule has 1 heterocycles. The molecular formula is C15H10BrIN2O. The summed E-state index contributed by atoms with van der Waals surface area (Å²) in [4.78, 5) is 16.8. The molecule has 3 rings (SSSR count). The van der Waals surface area contributed by atoms with E-state index in [0.29, 0.717) is 11.9 Å². The average molecular weight is 441 g/mol. The second-order valence-corrected chi connectivity index (χ2v) is 6.63. The van der Waals surface area contributed by atoms with Crippen molar-refractivity contribution in [1.82, 2.24) is 9.55 Å². The lowest BCUT2D eigenvalue weighted by atomic mass is 10.2. The third-order valence-electron chi connectivity index (χ3n) is 3.05. The lowest BCUT2D eigenvalue weighted by Gasteiger charge is -2.07. The van der Waals surface area contributed by atoms with Crippen LogP contribution < -0.4 is 5.56 Å². The molecule has 1 aromatic heterocycles. The van der Waals surface area contributed by atoms with Crippen molar-refractivity contribution in [3.05, 3.63) is 72.8 Å². The monoisotopic (exact) mass is 440 g/mol. The van der Waals surface area contributed by atoms with Crippen molar-refractivity contribution in [2.24, 2.45) is 0 Å². The Bertz CT molecular complexity index is 827. The maximum absolute atomic E-state index is 12.5. The van der Waals surface area contributed by atoms with Gasteiger partial charge in [-0.3, -0.25) is 9.36 Å². The van der Waals surface area contributed by atoms with Crippen LogP contribution in [0, 0.1) is 3.57 Å². The van der Waals surface area contributed by atoms with Crippen molar-refractivity contribution in [1.29, 1.82) is 0 Å². The van der Waals surface area contributed by atoms with Gasteiger partial charge in [0.2, 0.25) is 0 Å². The average Bonchev–Trinajstić information content (AvgIpc) is 2.45. The van der Waals surface area contributed by atoms with Gasteiger partial charge in [0.15, 0.2) is 0 Å². The molecule has 0 unspecified atom stereocenters. The van der Waals surface area contributed by atoms with Gasteiger partial charge in [-0.1, -0.05) is 28.1 Å². The maximum atomic E-state index is 12.5. The number of aromatic nitrogens is 2. The predicted octanol–water partition coefficient (Wildman–Crippen LogP) is 3.81. The van der Waals surface area contributed by atoms with Gasteiger partial charge in [-0.05, 0) is 58.5 Å². The number of rotatable bonds is 2. The molecule has 0 fully saturated rings. The van der Waals surface area contributed by atoms with Crippen LogP contribution in [-0.2, 0) is 6.54 Å². The van der Waals surface area contributed by atoms with Gasteiger partial charge < -0.3 is 0 Å². The number of benzene rings is 2. The predicted molar refractivity (Wildman–Crippen MR) is 92.0 cm³/mol. The molecule has 0 aliphatic carbocycles. The second kappa shape index (κ2) is 5.65. The molecular weight excluding hydrogens is 431 g/mol. The van der Waals surface area contributed by atoms with Crippen molar-refractivity contribution in [2.75, 3.05) is 0 Å². The van der Waals surface area contributed by atoms with Gasteiger partial charge in [-0.2, -0.15) is 0 Å². The molecule has 3 aromatic rings. The smallest absolute Gasteiger partial charge is 0.261 e. The normalized spacial score (nSPS) is 10.9. The Balaban J connectivity index is 2.06. The lowest BCUT2D eigenvalue weighted by Crippen LogP contribution is -2.21. The fraction of sp³-hybridized carbons (Fsp3) is 0.0667. The molecule has 20 heavy (non-hydrogen) atoms. The Kier molecular flexibility index (Phi) is 3.89. The van der Waals surface area contributed by atoms with Crippen molar-refractivity contribution < 1.29 is 0 Å². The first-order valence-electron chi connectivity index (χ1n) is 6.02. The highest BCUT2D eigenvalue weighted by Gasteiger charge is 2.05. The highest BCUT2D eigenvalue weighted by atomic mass is 127. The fourth-order valence-corrected chi connectivity index (χ4v) is 2.79. The highest BCUT2D eigenvalue weighted by molar-refractivity contribution is 14.1. The molecule has 0 bridgehead atoms. The third-order valence-corrected chi connectivity index (χ3v) is 4.25. The van der Waals surface area contributed by atoms with E-state index in [1.165, 1.54) is 0 Å². The van der Waals surface area contributed by atoms with Gasteiger partial charge in [0, 0.05) is 8.04 Å². The molecule has 0 amide bonds. The molecule has 0 saturated heterocycles. The number of fused-ring (bicyclic) bond motifs is 1. The first kappa shape index (κ1) is 13.8. The first-order valence-corrected chi connectivity index (χ1v) is 7.90.